The lowest BCUT2D eigenvalue weighted by Gasteiger charge is -2.32. The zero-order valence-corrected chi connectivity index (χ0v) is 22.7. The van der Waals surface area contributed by atoms with E-state index in [9.17, 15) is 4.79 Å². The summed E-state index contributed by atoms with van der Waals surface area (Å²) >= 11 is 4.30. The van der Waals surface area contributed by atoms with Crippen LogP contribution in [-0.4, -0.2) is 12.0 Å². The molecule has 182 valence electrons. The second kappa shape index (κ2) is 11.5. The molecule has 2 rings (SSSR count). The number of thiol groups is 1. The second-order valence-electron chi connectivity index (χ2n) is 11.8. The van der Waals surface area contributed by atoms with Crippen LogP contribution in [0.25, 0.3) is 0 Å². The van der Waals surface area contributed by atoms with Gasteiger partial charge in [-0.05, 0) is 85.3 Å². The van der Waals surface area contributed by atoms with Crippen LogP contribution in [-0.2, 0) is 17.8 Å². The lowest BCUT2D eigenvalue weighted by Crippen LogP contribution is -2.22. The molecule has 0 fully saturated rings. The van der Waals surface area contributed by atoms with Crippen molar-refractivity contribution in [2.24, 2.45) is 16.7 Å². The molecule has 0 saturated carbocycles. The molecule has 1 unspecified atom stereocenters. The monoisotopic (exact) mass is 469 g/mol. The fourth-order valence-electron chi connectivity index (χ4n) is 4.81. The Morgan fingerprint density at radius 1 is 0.939 bits per heavy atom. The van der Waals surface area contributed by atoms with Crippen molar-refractivity contribution in [3.63, 3.8) is 0 Å². The highest BCUT2D eigenvalue weighted by Crippen LogP contribution is 2.36. The van der Waals surface area contributed by atoms with Crippen LogP contribution in [0.4, 0.5) is 5.69 Å². The quantitative estimate of drug-likeness (QED) is 0.272. The van der Waals surface area contributed by atoms with E-state index < -0.39 is 0 Å². The van der Waals surface area contributed by atoms with E-state index >= 15 is 0 Å². The van der Waals surface area contributed by atoms with Crippen molar-refractivity contribution in [1.82, 2.24) is 0 Å². The van der Waals surface area contributed by atoms with Gasteiger partial charge < -0.3 is 10.1 Å². The molecule has 2 aromatic carbocycles. The Labute approximate surface area is 207 Å². The summed E-state index contributed by atoms with van der Waals surface area (Å²) in [5.74, 6) is 0.358. The zero-order chi connectivity index (χ0) is 24.8. The van der Waals surface area contributed by atoms with Crippen LogP contribution in [0.5, 0.6) is 0 Å². The number of rotatable bonds is 10. The van der Waals surface area contributed by atoms with Crippen molar-refractivity contribution in [1.29, 1.82) is 0 Å². The third kappa shape index (κ3) is 9.83. The number of carbonyl (C=O) groups excluding carboxylic acids is 1. The van der Waals surface area contributed by atoms with Crippen LogP contribution in [0.3, 0.4) is 0 Å². The maximum atomic E-state index is 12.9. The molecule has 0 aromatic heterocycles. The van der Waals surface area contributed by atoms with E-state index in [1.807, 2.05) is 30.3 Å². The average Bonchev–Trinajstić information content (AvgIpc) is 2.64. The number of hydrogen-bond acceptors (Lipinski definition) is 4. The molecular formula is C29H43NO2S. The summed E-state index contributed by atoms with van der Waals surface area (Å²) in [4.78, 5) is 13.8. The number of benzene rings is 2. The van der Waals surface area contributed by atoms with E-state index in [2.05, 4.69) is 85.5 Å². The number of anilines is 1. The summed E-state index contributed by atoms with van der Waals surface area (Å²) < 4.78 is 5.61. The fraction of sp³-hybridized carbons (Fsp3) is 0.552. The molecule has 1 atom stereocenters. The lowest BCUT2D eigenvalue weighted by atomic mass is 9.74. The Bertz CT molecular complexity index is 910. The standard InChI is InChI=1S/C29H43NO2S/c1-20(2)30-26-15-23(18-29(7,8)17-21(3)16-28(4,5)6)11-14-25(26)27(31)32-19-22-9-12-24(33)13-10-22/h9-15,20-21,30,33H,16-19H2,1-8H3. The molecule has 2 aromatic rings. The smallest absolute Gasteiger partial charge is 0.340 e. The zero-order valence-electron chi connectivity index (χ0n) is 21.8. The molecule has 0 saturated heterocycles. The molecule has 0 aliphatic carbocycles. The molecule has 33 heavy (non-hydrogen) atoms. The van der Waals surface area contributed by atoms with Gasteiger partial charge >= 0.3 is 5.97 Å². The molecule has 0 spiro atoms. The van der Waals surface area contributed by atoms with E-state index in [4.69, 9.17) is 4.74 Å². The molecule has 0 bridgehead atoms. The summed E-state index contributed by atoms with van der Waals surface area (Å²) in [5.41, 5.74) is 4.14. The Hall–Kier alpha value is -1.94. The molecule has 3 nitrogen and oxygen atoms in total. The van der Waals surface area contributed by atoms with Crippen molar-refractivity contribution in [3.8, 4) is 0 Å². The van der Waals surface area contributed by atoms with Crippen LogP contribution in [0.1, 0.15) is 89.7 Å². The molecule has 0 heterocycles. The first-order valence-corrected chi connectivity index (χ1v) is 12.5. The van der Waals surface area contributed by atoms with E-state index in [-0.39, 0.29) is 24.0 Å². The number of hydrogen-bond donors (Lipinski definition) is 2. The molecule has 0 aliphatic heterocycles. The summed E-state index contributed by atoms with van der Waals surface area (Å²) in [6, 6.07) is 14.0. The number of esters is 1. The summed E-state index contributed by atoms with van der Waals surface area (Å²) in [6.07, 6.45) is 3.36. The Morgan fingerprint density at radius 2 is 1.55 bits per heavy atom. The lowest BCUT2D eigenvalue weighted by molar-refractivity contribution is 0.0474. The van der Waals surface area contributed by atoms with Gasteiger partial charge in [0.25, 0.3) is 0 Å². The van der Waals surface area contributed by atoms with Crippen LogP contribution in [0, 0.1) is 16.7 Å². The molecule has 0 radical (unpaired) electrons. The first-order valence-electron chi connectivity index (χ1n) is 12.1. The van der Waals surface area contributed by atoms with Crippen molar-refractivity contribution in [3.05, 3.63) is 59.2 Å². The van der Waals surface area contributed by atoms with E-state index in [1.54, 1.807) is 0 Å². The van der Waals surface area contributed by atoms with Gasteiger partial charge in [-0.3, -0.25) is 0 Å². The Morgan fingerprint density at radius 3 is 2.12 bits per heavy atom. The van der Waals surface area contributed by atoms with Crippen LogP contribution < -0.4 is 5.32 Å². The van der Waals surface area contributed by atoms with Crippen molar-refractivity contribution >= 4 is 24.3 Å². The highest BCUT2D eigenvalue weighted by atomic mass is 32.1. The van der Waals surface area contributed by atoms with Gasteiger partial charge in [0, 0.05) is 16.6 Å². The highest BCUT2D eigenvalue weighted by Gasteiger charge is 2.25. The van der Waals surface area contributed by atoms with Gasteiger partial charge in [-0.2, -0.15) is 0 Å². The van der Waals surface area contributed by atoms with Crippen molar-refractivity contribution in [2.45, 2.75) is 92.2 Å². The average molecular weight is 470 g/mol. The number of nitrogens with one attached hydrogen (secondary N) is 1. The van der Waals surface area contributed by atoms with Crippen LogP contribution in [0.2, 0.25) is 0 Å². The summed E-state index contributed by atoms with van der Waals surface area (Å²) in [5, 5.41) is 3.45. The van der Waals surface area contributed by atoms with Crippen LogP contribution >= 0.6 is 12.6 Å². The Kier molecular flexibility index (Phi) is 9.48. The van der Waals surface area contributed by atoms with Gasteiger partial charge in [0.1, 0.15) is 6.61 Å². The highest BCUT2D eigenvalue weighted by molar-refractivity contribution is 7.80. The third-order valence-corrected chi connectivity index (χ3v) is 5.90. The molecule has 4 heteroatoms. The largest absolute Gasteiger partial charge is 0.457 e. The van der Waals surface area contributed by atoms with E-state index in [1.165, 1.54) is 18.4 Å². The predicted molar refractivity (Wildman–Crippen MR) is 143 cm³/mol. The van der Waals surface area contributed by atoms with Gasteiger partial charge in [0.2, 0.25) is 0 Å². The third-order valence-electron chi connectivity index (χ3n) is 5.60. The van der Waals surface area contributed by atoms with Crippen LogP contribution in [0.15, 0.2) is 47.4 Å². The minimum atomic E-state index is -0.308. The topological polar surface area (TPSA) is 38.3 Å². The van der Waals surface area contributed by atoms with Gasteiger partial charge in [-0.1, -0.05) is 59.7 Å². The van der Waals surface area contributed by atoms with E-state index in [0.29, 0.717) is 16.9 Å². The SMILES string of the molecule is CC(CC(C)(C)C)CC(C)(C)Cc1ccc(C(=O)OCc2ccc(S)cc2)c(NC(C)C)c1. The molecular weight excluding hydrogens is 426 g/mol. The van der Waals surface area contributed by atoms with Crippen molar-refractivity contribution in [2.75, 3.05) is 5.32 Å². The van der Waals surface area contributed by atoms with Gasteiger partial charge in [0.05, 0.1) is 5.56 Å². The van der Waals surface area contributed by atoms with Crippen molar-refractivity contribution < 1.29 is 9.53 Å². The first-order chi connectivity index (χ1) is 15.2. The second-order valence-corrected chi connectivity index (χ2v) is 12.4. The van der Waals surface area contributed by atoms with Gasteiger partial charge in [-0.25, -0.2) is 4.79 Å². The number of carbonyl (C=O) groups is 1. The van der Waals surface area contributed by atoms with Gasteiger partial charge in [0.15, 0.2) is 0 Å². The minimum absolute atomic E-state index is 0.181. The number of ether oxygens (including phenoxy) is 1. The maximum Gasteiger partial charge on any atom is 0.340 e. The summed E-state index contributed by atoms with van der Waals surface area (Å²) in [7, 11) is 0. The summed E-state index contributed by atoms with van der Waals surface area (Å²) in [6.45, 7) is 18.4. The predicted octanol–water partition coefficient (Wildman–Crippen LogP) is 8.18. The molecule has 1 N–H and O–H groups in total. The maximum absolute atomic E-state index is 12.9. The fourth-order valence-corrected chi connectivity index (χ4v) is 4.96. The van der Waals surface area contributed by atoms with E-state index in [0.717, 1.165) is 22.6 Å². The molecule has 0 amide bonds. The Balaban J connectivity index is 2.13. The normalized spacial score (nSPS) is 13.2. The van der Waals surface area contributed by atoms with Gasteiger partial charge in [-0.15, -0.1) is 12.6 Å². The molecule has 0 aliphatic rings. The minimum Gasteiger partial charge on any atom is -0.457 e. The first kappa shape index (κ1) is 27.3.